The van der Waals surface area contributed by atoms with E-state index >= 15 is 0 Å². The Labute approximate surface area is 229 Å². The van der Waals surface area contributed by atoms with Gasteiger partial charge in [0, 0.05) is 44.4 Å². The van der Waals surface area contributed by atoms with Crippen LogP contribution >= 0.6 is 11.6 Å². The molecule has 8 heteroatoms. The van der Waals surface area contributed by atoms with Crippen LogP contribution in [0.5, 0.6) is 17.4 Å². The second-order valence-corrected chi connectivity index (χ2v) is 9.57. The van der Waals surface area contributed by atoms with Crippen molar-refractivity contribution in [1.82, 2.24) is 14.7 Å². The molecule has 0 fully saturated rings. The molecule has 0 bridgehead atoms. The molecule has 38 heavy (non-hydrogen) atoms. The molecule has 1 aromatic heterocycles. The summed E-state index contributed by atoms with van der Waals surface area (Å²) in [5, 5.41) is 16.4. The first-order chi connectivity index (χ1) is 18.4. The van der Waals surface area contributed by atoms with Crippen LogP contribution in [0.1, 0.15) is 11.1 Å². The third-order valence-electron chi connectivity index (χ3n) is 6.15. The molecule has 0 saturated heterocycles. The van der Waals surface area contributed by atoms with Gasteiger partial charge in [-0.25, -0.2) is 4.68 Å². The second kappa shape index (κ2) is 13.4. The highest BCUT2D eigenvalue weighted by atomic mass is 35.5. The summed E-state index contributed by atoms with van der Waals surface area (Å²) in [6.45, 7) is 4.18. The first-order valence-electron chi connectivity index (χ1n) is 12.6. The van der Waals surface area contributed by atoms with Crippen LogP contribution in [0.2, 0.25) is 5.02 Å². The molecule has 1 atom stereocenters. The zero-order valence-corrected chi connectivity index (χ0v) is 22.8. The summed E-state index contributed by atoms with van der Waals surface area (Å²) in [7, 11) is 3.54. The summed E-state index contributed by atoms with van der Waals surface area (Å²) in [6, 6.07) is 25.1. The molecule has 200 valence electrons. The number of hydrogen-bond acceptors (Lipinski definition) is 6. The van der Waals surface area contributed by atoms with Gasteiger partial charge in [-0.1, -0.05) is 60.1 Å². The Kier molecular flexibility index (Phi) is 9.79. The number of methoxy groups -OCH3 is 1. The van der Waals surface area contributed by atoms with E-state index < -0.39 is 6.10 Å². The van der Waals surface area contributed by atoms with Crippen molar-refractivity contribution in [2.45, 2.75) is 19.6 Å². The number of para-hydroxylation sites is 1. The lowest BCUT2D eigenvalue weighted by Crippen LogP contribution is -2.37. The summed E-state index contributed by atoms with van der Waals surface area (Å²) in [5.41, 5.74) is 3.75. The number of hydrogen-bond donors (Lipinski definition) is 1. The summed E-state index contributed by atoms with van der Waals surface area (Å²) in [5.74, 6) is 2.06. The van der Waals surface area contributed by atoms with Gasteiger partial charge in [-0.3, -0.25) is 4.90 Å². The van der Waals surface area contributed by atoms with Crippen LogP contribution in [0.3, 0.4) is 0 Å². The molecule has 0 radical (unpaired) electrons. The van der Waals surface area contributed by atoms with Gasteiger partial charge in [0.15, 0.2) is 0 Å². The first-order valence-corrected chi connectivity index (χ1v) is 12.9. The van der Waals surface area contributed by atoms with E-state index in [1.54, 1.807) is 23.9 Å². The molecule has 4 aromatic rings. The van der Waals surface area contributed by atoms with Gasteiger partial charge in [-0.2, -0.15) is 5.10 Å². The van der Waals surface area contributed by atoms with Crippen molar-refractivity contribution in [3.05, 3.63) is 95.0 Å². The second-order valence-electron chi connectivity index (χ2n) is 9.14. The van der Waals surface area contributed by atoms with Gasteiger partial charge in [-0.05, 0) is 42.8 Å². The standard InChI is InChI=1S/C30H34ClN3O4/c1-22-9-7-8-12-28(22)37-21-25(35)19-34(17-18-36-3)20-27-29(23-10-5-4-6-11-23)32-33(2)30(27)38-26-15-13-24(31)14-16-26/h4-16,25,35H,17-21H2,1-3H3. The third kappa shape index (κ3) is 7.36. The van der Waals surface area contributed by atoms with E-state index in [0.29, 0.717) is 42.9 Å². The lowest BCUT2D eigenvalue weighted by Gasteiger charge is -2.25. The van der Waals surface area contributed by atoms with Gasteiger partial charge in [-0.15, -0.1) is 0 Å². The van der Waals surface area contributed by atoms with Crippen LogP contribution in [0.15, 0.2) is 78.9 Å². The van der Waals surface area contributed by atoms with Gasteiger partial charge in [0.05, 0.1) is 12.2 Å². The van der Waals surface area contributed by atoms with E-state index in [0.717, 1.165) is 28.1 Å². The molecule has 3 aromatic carbocycles. The maximum atomic E-state index is 10.9. The van der Waals surface area contributed by atoms with Gasteiger partial charge in [0.2, 0.25) is 5.88 Å². The predicted molar refractivity (Wildman–Crippen MR) is 150 cm³/mol. The largest absolute Gasteiger partial charge is 0.491 e. The molecule has 0 spiro atoms. The van der Waals surface area contributed by atoms with E-state index in [-0.39, 0.29) is 6.61 Å². The molecule has 1 N–H and O–H groups in total. The molecular formula is C30H34ClN3O4. The Morgan fingerprint density at radius 3 is 2.42 bits per heavy atom. The van der Waals surface area contributed by atoms with E-state index in [4.69, 9.17) is 30.9 Å². The Bertz CT molecular complexity index is 1290. The normalized spacial score (nSPS) is 12.1. The van der Waals surface area contributed by atoms with E-state index in [1.807, 2.05) is 80.7 Å². The minimum absolute atomic E-state index is 0.182. The molecule has 4 rings (SSSR count). The fourth-order valence-electron chi connectivity index (χ4n) is 4.20. The molecule has 0 aliphatic carbocycles. The van der Waals surface area contributed by atoms with Crippen molar-refractivity contribution in [2.75, 3.05) is 33.4 Å². The fourth-order valence-corrected chi connectivity index (χ4v) is 4.32. The van der Waals surface area contributed by atoms with Gasteiger partial charge in [0.25, 0.3) is 0 Å². The Morgan fingerprint density at radius 2 is 1.71 bits per heavy atom. The Morgan fingerprint density at radius 1 is 1.00 bits per heavy atom. The van der Waals surface area contributed by atoms with Crippen LogP contribution in [-0.4, -0.2) is 59.3 Å². The molecule has 0 amide bonds. The third-order valence-corrected chi connectivity index (χ3v) is 6.40. The number of halogens is 1. The number of ether oxygens (including phenoxy) is 3. The van der Waals surface area contributed by atoms with Crippen LogP contribution in [0.25, 0.3) is 11.3 Å². The average Bonchev–Trinajstić information content (AvgIpc) is 3.23. The van der Waals surface area contributed by atoms with Crippen molar-refractivity contribution in [3.8, 4) is 28.6 Å². The smallest absolute Gasteiger partial charge is 0.222 e. The Balaban J connectivity index is 1.59. The van der Waals surface area contributed by atoms with Crippen LogP contribution in [-0.2, 0) is 18.3 Å². The molecule has 0 saturated carbocycles. The van der Waals surface area contributed by atoms with E-state index in [2.05, 4.69) is 4.90 Å². The van der Waals surface area contributed by atoms with E-state index in [1.165, 1.54) is 0 Å². The molecular weight excluding hydrogens is 502 g/mol. The highest BCUT2D eigenvalue weighted by Gasteiger charge is 2.23. The maximum Gasteiger partial charge on any atom is 0.222 e. The molecule has 1 unspecified atom stereocenters. The Hall–Kier alpha value is -3.36. The van der Waals surface area contributed by atoms with Crippen molar-refractivity contribution >= 4 is 11.6 Å². The number of aryl methyl sites for hydroxylation is 2. The monoisotopic (exact) mass is 535 g/mol. The number of aliphatic hydroxyl groups excluding tert-OH is 1. The SMILES string of the molecule is COCCN(Cc1c(-c2ccccc2)nn(C)c1Oc1ccc(Cl)cc1)CC(O)COc1ccccc1C. The maximum absolute atomic E-state index is 10.9. The van der Waals surface area contributed by atoms with Gasteiger partial charge in [0.1, 0.15) is 29.9 Å². The summed E-state index contributed by atoms with van der Waals surface area (Å²) in [6.07, 6.45) is -0.705. The molecule has 0 aliphatic heterocycles. The molecule has 7 nitrogen and oxygen atoms in total. The number of rotatable bonds is 13. The lowest BCUT2D eigenvalue weighted by atomic mass is 10.1. The fraction of sp³-hybridized carbons (Fsp3) is 0.300. The average molecular weight is 536 g/mol. The van der Waals surface area contributed by atoms with Crippen molar-refractivity contribution in [3.63, 3.8) is 0 Å². The number of aromatic nitrogens is 2. The van der Waals surface area contributed by atoms with E-state index in [9.17, 15) is 5.11 Å². The van der Waals surface area contributed by atoms with Gasteiger partial charge < -0.3 is 19.3 Å². The topological polar surface area (TPSA) is 69.0 Å². The minimum Gasteiger partial charge on any atom is -0.491 e. The zero-order valence-electron chi connectivity index (χ0n) is 22.0. The van der Waals surface area contributed by atoms with Crippen LogP contribution in [0.4, 0.5) is 0 Å². The zero-order chi connectivity index (χ0) is 26.9. The van der Waals surface area contributed by atoms with Crippen LogP contribution in [0, 0.1) is 6.92 Å². The minimum atomic E-state index is -0.705. The van der Waals surface area contributed by atoms with Crippen LogP contribution < -0.4 is 9.47 Å². The lowest BCUT2D eigenvalue weighted by molar-refractivity contribution is 0.0538. The number of aliphatic hydroxyl groups is 1. The van der Waals surface area contributed by atoms with Crippen molar-refractivity contribution < 1.29 is 19.3 Å². The summed E-state index contributed by atoms with van der Waals surface area (Å²) in [4.78, 5) is 2.13. The quantitative estimate of drug-likeness (QED) is 0.236. The van der Waals surface area contributed by atoms with Crippen molar-refractivity contribution in [2.24, 2.45) is 7.05 Å². The van der Waals surface area contributed by atoms with Gasteiger partial charge >= 0.3 is 0 Å². The highest BCUT2D eigenvalue weighted by molar-refractivity contribution is 6.30. The number of nitrogens with zero attached hydrogens (tertiary/aromatic N) is 3. The van der Waals surface area contributed by atoms with Crippen molar-refractivity contribution in [1.29, 1.82) is 0 Å². The molecule has 1 heterocycles. The number of benzene rings is 3. The molecule has 0 aliphatic rings. The first kappa shape index (κ1) is 27.7. The highest BCUT2D eigenvalue weighted by Crippen LogP contribution is 2.34. The predicted octanol–water partition coefficient (Wildman–Crippen LogP) is 5.73. The summed E-state index contributed by atoms with van der Waals surface area (Å²) < 4.78 is 19.4. The summed E-state index contributed by atoms with van der Waals surface area (Å²) >= 11 is 6.07.